The summed E-state index contributed by atoms with van der Waals surface area (Å²) < 4.78 is 0. The highest BCUT2D eigenvalue weighted by atomic mass is 35.5. The topological polar surface area (TPSA) is 54.9 Å². The second kappa shape index (κ2) is 7.03. The van der Waals surface area contributed by atoms with E-state index in [1.807, 2.05) is 66.7 Å². The molecule has 0 radical (unpaired) electrons. The summed E-state index contributed by atoms with van der Waals surface area (Å²) in [5.41, 5.74) is 3.38. The summed E-state index contributed by atoms with van der Waals surface area (Å²) in [5, 5.41) is 2.62. The summed E-state index contributed by atoms with van der Waals surface area (Å²) >= 11 is 5.55. The number of carbonyl (C=O) groups excluding carboxylic acids is 1. The van der Waals surface area contributed by atoms with Crippen LogP contribution in [-0.2, 0) is 4.79 Å². The number of halogens is 1. The molecule has 5 heteroatoms. The van der Waals surface area contributed by atoms with Crippen molar-refractivity contribution < 1.29 is 4.79 Å². The molecule has 0 spiro atoms. The van der Waals surface area contributed by atoms with Crippen LogP contribution in [0.1, 0.15) is 0 Å². The number of nitrogens with zero attached hydrogens (tertiary/aromatic N) is 2. The van der Waals surface area contributed by atoms with Gasteiger partial charge in [0, 0.05) is 11.1 Å². The van der Waals surface area contributed by atoms with Crippen molar-refractivity contribution in [3.63, 3.8) is 0 Å². The van der Waals surface area contributed by atoms with E-state index in [0.29, 0.717) is 0 Å². The van der Waals surface area contributed by atoms with E-state index < -0.39 is 0 Å². The first-order valence-electron chi connectivity index (χ1n) is 7.12. The highest BCUT2D eigenvalue weighted by Crippen LogP contribution is 2.24. The van der Waals surface area contributed by atoms with Crippen molar-refractivity contribution in [1.29, 1.82) is 0 Å². The first-order chi connectivity index (χ1) is 11.3. The van der Waals surface area contributed by atoms with E-state index in [0.717, 1.165) is 22.5 Å². The van der Waals surface area contributed by atoms with Crippen molar-refractivity contribution >= 4 is 23.5 Å². The van der Waals surface area contributed by atoms with Crippen molar-refractivity contribution in [2.24, 2.45) is 0 Å². The van der Waals surface area contributed by atoms with Crippen LogP contribution in [0.5, 0.6) is 0 Å². The minimum Gasteiger partial charge on any atom is -0.293 e. The Morgan fingerprint density at radius 3 is 1.78 bits per heavy atom. The lowest BCUT2D eigenvalue weighted by Crippen LogP contribution is -2.15. The zero-order valence-electron chi connectivity index (χ0n) is 12.2. The monoisotopic (exact) mass is 323 g/mol. The van der Waals surface area contributed by atoms with Crippen molar-refractivity contribution in [3.8, 4) is 22.5 Å². The summed E-state index contributed by atoms with van der Waals surface area (Å²) in [6, 6.07) is 21.4. The van der Waals surface area contributed by atoms with E-state index in [9.17, 15) is 4.79 Å². The molecule has 1 aromatic heterocycles. The molecule has 0 aliphatic rings. The van der Waals surface area contributed by atoms with Crippen molar-refractivity contribution in [2.75, 3.05) is 11.2 Å². The first-order valence-corrected chi connectivity index (χ1v) is 7.65. The molecule has 2 aromatic carbocycles. The minimum absolute atomic E-state index is 0.139. The van der Waals surface area contributed by atoms with E-state index >= 15 is 0 Å². The number of nitrogens with one attached hydrogen (secondary N) is 1. The number of rotatable bonds is 4. The summed E-state index contributed by atoms with van der Waals surface area (Å²) in [4.78, 5) is 20.4. The standard InChI is InChI=1S/C18H14ClN3O/c19-12-17(23)22-18-20-15(13-7-3-1-4-8-13)11-16(21-18)14-9-5-2-6-10-14/h1-11H,12H2,(H,20,21,22,23). The quantitative estimate of drug-likeness (QED) is 0.739. The molecule has 3 rings (SSSR count). The van der Waals surface area contributed by atoms with Crippen LogP contribution in [0.2, 0.25) is 0 Å². The van der Waals surface area contributed by atoms with Gasteiger partial charge in [0.05, 0.1) is 11.4 Å². The summed E-state index contributed by atoms with van der Waals surface area (Å²) in [6.07, 6.45) is 0. The SMILES string of the molecule is O=C(CCl)Nc1nc(-c2ccccc2)cc(-c2ccccc2)n1. The van der Waals surface area contributed by atoms with Gasteiger partial charge in [-0.2, -0.15) is 0 Å². The second-order valence-corrected chi connectivity index (χ2v) is 5.14. The third-order valence-corrected chi connectivity index (χ3v) is 3.48. The van der Waals surface area contributed by atoms with E-state index in [1.54, 1.807) is 0 Å². The molecule has 0 saturated heterocycles. The Balaban J connectivity index is 2.09. The van der Waals surface area contributed by atoms with Gasteiger partial charge in [0.15, 0.2) is 0 Å². The van der Waals surface area contributed by atoms with Crippen molar-refractivity contribution in [3.05, 3.63) is 66.7 Å². The Hall–Kier alpha value is -2.72. The van der Waals surface area contributed by atoms with Crippen LogP contribution in [0.25, 0.3) is 22.5 Å². The van der Waals surface area contributed by atoms with Crippen LogP contribution in [0.4, 0.5) is 5.95 Å². The number of hydrogen-bond acceptors (Lipinski definition) is 3. The van der Waals surface area contributed by atoms with E-state index in [-0.39, 0.29) is 17.7 Å². The number of benzene rings is 2. The number of aromatic nitrogens is 2. The molecule has 0 atom stereocenters. The molecule has 3 aromatic rings. The smallest absolute Gasteiger partial charge is 0.241 e. The average molecular weight is 324 g/mol. The van der Waals surface area contributed by atoms with Gasteiger partial charge < -0.3 is 0 Å². The van der Waals surface area contributed by atoms with Gasteiger partial charge in [-0.3, -0.25) is 10.1 Å². The molecule has 23 heavy (non-hydrogen) atoms. The predicted molar refractivity (Wildman–Crippen MR) is 92.3 cm³/mol. The molecule has 0 saturated carbocycles. The number of anilines is 1. The number of alkyl halides is 1. The highest BCUT2D eigenvalue weighted by molar-refractivity contribution is 6.28. The third kappa shape index (κ3) is 3.73. The molecule has 0 aliphatic heterocycles. The Kier molecular flexibility index (Phi) is 4.64. The van der Waals surface area contributed by atoms with Crippen LogP contribution >= 0.6 is 11.6 Å². The van der Waals surface area contributed by atoms with Crippen LogP contribution in [0.15, 0.2) is 66.7 Å². The van der Waals surface area contributed by atoms with Gasteiger partial charge in [-0.25, -0.2) is 9.97 Å². The molecular formula is C18H14ClN3O. The summed E-state index contributed by atoms with van der Waals surface area (Å²) in [6.45, 7) is 0. The predicted octanol–water partition coefficient (Wildman–Crippen LogP) is 3.99. The van der Waals surface area contributed by atoms with E-state index in [1.165, 1.54) is 0 Å². The van der Waals surface area contributed by atoms with E-state index in [2.05, 4.69) is 15.3 Å². The minimum atomic E-state index is -0.337. The highest BCUT2D eigenvalue weighted by Gasteiger charge is 2.10. The zero-order valence-corrected chi connectivity index (χ0v) is 13.0. The maximum absolute atomic E-state index is 11.6. The lowest BCUT2D eigenvalue weighted by Gasteiger charge is -2.09. The van der Waals surface area contributed by atoms with Gasteiger partial charge >= 0.3 is 0 Å². The fourth-order valence-electron chi connectivity index (χ4n) is 2.17. The van der Waals surface area contributed by atoms with Crippen LogP contribution in [0.3, 0.4) is 0 Å². The molecule has 4 nitrogen and oxygen atoms in total. The third-order valence-electron chi connectivity index (χ3n) is 3.24. The first kappa shape index (κ1) is 15.2. The molecule has 0 fully saturated rings. The second-order valence-electron chi connectivity index (χ2n) is 4.88. The molecule has 1 N–H and O–H groups in total. The molecule has 114 valence electrons. The average Bonchev–Trinajstić information content (AvgIpc) is 2.63. The van der Waals surface area contributed by atoms with Gasteiger partial charge in [-0.15, -0.1) is 11.6 Å². The Bertz CT molecular complexity index is 749. The van der Waals surface area contributed by atoms with Crippen LogP contribution in [-0.4, -0.2) is 21.8 Å². The van der Waals surface area contributed by atoms with Crippen molar-refractivity contribution in [1.82, 2.24) is 9.97 Å². The summed E-state index contributed by atoms with van der Waals surface area (Å²) in [5.74, 6) is -0.230. The number of carbonyl (C=O) groups is 1. The Labute approximate surface area is 139 Å². The largest absolute Gasteiger partial charge is 0.293 e. The van der Waals surface area contributed by atoms with Crippen LogP contribution in [0, 0.1) is 0 Å². The van der Waals surface area contributed by atoms with Gasteiger partial charge in [0.1, 0.15) is 5.88 Å². The summed E-state index contributed by atoms with van der Waals surface area (Å²) in [7, 11) is 0. The van der Waals surface area contributed by atoms with Gasteiger partial charge in [0.25, 0.3) is 0 Å². The fourth-order valence-corrected chi connectivity index (χ4v) is 2.24. The molecular weight excluding hydrogens is 310 g/mol. The van der Waals surface area contributed by atoms with Gasteiger partial charge in [-0.05, 0) is 6.07 Å². The molecule has 1 heterocycles. The maximum Gasteiger partial charge on any atom is 0.241 e. The van der Waals surface area contributed by atoms with Crippen molar-refractivity contribution in [2.45, 2.75) is 0 Å². The van der Waals surface area contributed by atoms with Gasteiger partial charge in [0.2, 0.25) is 11.9 Å². The molecule has 0 unspecified atom stereocenters. The maximum atomic E-state index is 11.6. The van der Waals surface area contributed by atoms with Crippen LogP contribution < -0.4 is 5.32 Å². The van der Waals surface area contributed by atoms with E-state index in [4.69, 9.17) is 11.6 Å². The lowest BCUT2D eigenvalue weighted by atomic mass is 10.1. The molecule has 1 amide bonds. The normalized spacial score (nSPS) is 10.3. The number of hydrogen-bond donors (Lipinski definition) is 1. The molecule has 0 bridgehead atoms. The fraction of sp³-hybridized carbons (Fsp3) is 0.0556. The Morgan fingerprint density at radius 1 is 0.870 bits per heavy atom. The molecule has 0 aliphatic carbocycles. The lowest BCUT2D eigenvalue weighted by molar-refractivity contribution is -0.114. The van der Waals surface area contributed by atoms with Gasteiger partial charge in [-0.1, -0.05) is 60.7 Å². The number of amides is 1. The Morgan fingerprint density at radius 2 is 1.35 bits per heavy atom. The zero-order chi connectivity index (χ0) is 16.1.